The van der Waals surface area contributed by atoms with Crippen LogP contribution in [0.3, 0.4) is 0 Å². The number of nitrogens with one attached hydrogen (secondary N) is 1. The quantitative estimate of drug-likeness (QED) is 0.853. The third kappa shape index (κ3) is 4.38. The van der Waals surface area contributed by atoms with E-state index in [2.05, 4.69) is 17.2 Å². The van der Waals surface area contributed by atoms with Crippen LogP contribution < -0.4 is 5.32 Å². The van der Waals surface area contributed by atoms with Gasteiger partial charge in [0.2, 0.25) is 5.22 Å². The molecule has 0 fully saturated rings. The van der Waals surface area contributed by atoms with Crippen molar-refractivity contribution in [3.63, 3.8) is 0 Å². The maximum absolute atomic E-state index is 11.9. The Balaban J connectivity index is 1.98. The molecule has 0 radical (unpaired) electrons. The van der Waals surface area contributed by atoms with Crippen molar-refractivity contribution >= 4 is 17.5 Å². The monoisotopic (exact) mass is 303 g/mol. The molecule has 0 aliphatic heterocycles. The Kier molecular flexibility index (Phi) is 5.44. The molecule has 21 heavy (non-hydrogen) atoms. The summed E-state index contributed by atoms with van der Waals surface area (Å²) in [5.74, 6) is 5.52. The van der Waals surface area contributed by atoms with Crippen LogP contribution in [0.5, 0.6) is 0 Å². The molecule has 0 saturated carbocycles. The van der Waals surface area contributed by atoms with Gasteiger partial charge in [-0.15, -0.1) is 0 Å². The number of benzene rings is 1. The molecule has 1 aromatic carbocycles. The Morgan fingerprint density at radius 2 is 2.24 bits per heavy atom. The van der Waals surface area contributed by atoms with E-state index in [-0.39, 0.29) is 17.7 Å². The Morgan fingerprint density at radius 1 is 1.38 bits per heavy atom. The Labute approximate surface area is 127 Å². The summed E-state index contributed by atoms with van der Waals surface area (Å²) in [6.45, 7) is 0.421. The second-order valence-electron chi connectivity index (χ2n) is 4.27. The highest BCUT2D eigenvalue weighted by atomic mass is 35.5. The summed E-state index contributed by atoms with van der Waals surface area (Å²) in [5, 5.41) is 11.5. The maximum Gasteiger partial charge on any atom is 0.256 e. The molecular weight excluding hydrogens is 290 g/mol. The topological polar surface area (TPSA) is 62.5 Å². The van der Waals surface area contributed by atoms with Crippen LogP contribution in [0.4, 0.5) is 0 Å². The van der Waals surface area contributed by atoms with Crippen LogP contribution in [0.15, 0.2) is 41.0 Å². The lowest BCUT2D eigenvalue weighted by molar-refractivity contribution is 0.0950. The fourth-order valence-corrected chi connectivity index (χ4v) is 1.91. The molecular formula is C16H14ClNO3. The van der Waals surface area contributed by atoms with Gasteiger partial charge in [0.1, 0.15) is 0 Å². The Bertz CT molecular complexity index is 682. The van der Waals surface area contributed by atoms with Crippen molar-refractivity contribution in [3.8, 4) is 11.8 Å². The van der Waals surface area contributed by atoms with E-state index in [0.29, 0.717) is 18.5 Å². The van der Waals surface area contributed by atoms with Crippen molar-refractivity contribution in [1.82, 2.24) is 5.32 Å². The van der Waals surface area contributed by atoms with Gasteiger partial charge in [0.05, 0.1) is 18.4 Å². The predicted molar refractivity (Wildman–Crippen MR) is 79.9 cm³/mol. The van der Waals surface area contributed by atoms with Gasteiger partial charge in [-0.2, -0.15) is 0 Å². The summed E-state index contributed by atoms with van der Waals surface area (Å²) >= 11 is 5.75. The van der Waals surface area contributed by atoms with E-state index in [1.807, 2.05) is 24.3 Å². The SMILES string of the molecule is O=C(NCc1cccc(C#CCCO)c1)c1ccoc1Cl. The van der Waals surface area contributed by atoms with Crippen LogP contribution in [-0.2, 0) is 6.54 Å². The molecule has 1 amide bonds. The molecule has 0 aliphatic rings. The maximum atomic E-state index is 11.9. The summed E-state index contributed by atoms with van der Waals surface area (Å²) in [5.41, 5.74) is 2.09. The van der Waals surface area contributed by atoms with Crippen molar-refractivity contribution in [1.29, 1.82) is 0 Å². The second kappa shape index (κ2) is 7.53. The van der Waals surface area contributed by atoms with Gasteiger partial charge in [-0.3, -0.25) is 4.79 Å². The fraction of sp³-hybridized carbons (Fsp3) is 0.188. The molecule has 2 aromatic rings. The van der Waals surface area contributed by atoms with E-state index in [0.717, 1.165) is 11.1 Å². The minimum atomic E-state index is -0.287. The summed E-state index contributed by atoms with van der Waals surface area (Å²) in [6.07, 6.45) is 1.81. The number of furan rings is 1. The first-order valence-electron chi connectivity index (χ1n) is 6.40. The summed E-state index contributed by atoms with van der Waals surface area (Å²) < 4.78 is 4.88. The van der Waals surface area contributed by atoms with E-state index >= 15 is 0 Å². The first kappa shape index (κ1) is 15.2. The summed E-state index contributed by atoms with van der Waals surface area (Å²) in [6, 6.07) is 9.06. The third-order valence-corrected chi connectivity index (χ3v) is 3.00. The van der Waals surface area contributed by atoms with Crippen LogP contribution in [0, 0.1) is 11.8 Å². The lowest BCUT2D eigenvalue weighted by atomic mass is 10.1. The first-order chi connectivity index (χ1) is 10.2. The zero-order valence-corrected chi connectivity index (χ0v) is 12.0. The highest BCUT2D eigenvalue weighted by Crippen LogP contribution is 2.16. The lowest BCUT2D eigenvalue weighted by Crippen LogP contribution is -2.22. The van der Waals surface area contributed by atoms with Crippen LogP contribution in [0.2, 0.25) is 5.22 Å². The highest BCUT2D eigenvalue weighted by Gasteiger charge is 2.12. The van der Waals surface area contributed by atoms with Gasteiger partial charge in [-0.25, -0.2) is 0 Å². The van der Waals surface area contributed by atoms with Gasteiger partial charge < -0.3 is 14.8 Å². The predicted octanol–water partition coefficient (Wildman–Crippen LogP) is 2.60. The molecule has 0 aliphatic carbocycles. The standard InChI is InChI=1S/C16H14ClNO3/c17-15-14(7-9-21-15)16(20)18-11-13-6-3-5-12(10-13)4-1-2-8-19/h3,5-7,9-10,19H,2,8,11H2,(H,18,20). The zero-order valence-electron chi connectivity index (χ0n) is 11.2. The number of hydrogen-bond donors (Lipinski definition) is 2. The average molecular weight is 304 g/mol. The van der Waals surface area contributed by atoms with E-state index in [1.165, 1.54) is 12.3 Å². The molecule has 4 nitrogen and oxygen atoms in total. The van der Waals surface area contributed by atoms with Crippen LogP contribution in [0.1, 0.15) is 27.9 Å². The fourth-order valence-electron chi connectivity index (χ4n) is 1.71. The van der Waals surface area contributed by atoms with Crippen LogP contribution in [0.25, 0.3) is 0 Å². The van der Waals surface area contributed by atoms with Crippen molar-refractivity contribution < 1.29 is 14.3 Å². The van der Waals surface area contributed by atoms with E-state index in [1.54, 1.807) is 0 Å². The number of halogens is 1. The van der Waals surface area contributed by atoms with Crippen LogP contribution >= 0.6 is 11.6 Å². The Hall–Kier alpha value is -2.22. The van der Waals surface area contributed by atoms with E-state index in [4.69, 9.17) is 21.1 Å². The molecule has 0 saturated heterocycles. The van der Waals surface area contributed by atoms with Crippen molar-refractivity contribution in [3.05, 3.63) is 58.5 Å². The van der Waals surface area contributed by atoms with Crippen molar-refractivity contribution in [2.75, 3.05) is 6.61 Å². The van der Waals surface area contributed by atoms with Gasteiger partial charge >= 0.3 is 0 Å². The third-order valence-electron chi connectivity index (χ3n) is 2.71. The second-order valence-corrected chi connectivity index (χ2v) is 4.61. The van der Waals surface area contributed by atoms with Gasteiger partial charge in [-0.1, -0.05) is 24.0 Å². The number of carbonyl (C=O) groups excluding carboxylic acids is 1. The zero-order chi connectivity index (χ0) is 15.1. The first-order valence-corrected chi connectivity index (χ1v) is 6.78. The van der Waals surface area contributed by atoms with Gasteiger partial charge in [-0.05, 0) is 35.4 Å². The van der Waals surface area contributed by atoms with Gasteiger partial charge in [0.15, 0.2) is 0 Å². The van der Waals surface area contributed by atoms with Crippen LogP contribution in [-0.4, -0.2) is 17.6 Å². The van der Waals surface area contributed by atoms with Crippen molar-refractivity contribution in [2.45, 2.75) is 13.0 Å². The van der Waals surface area contributed by atoms with E-state index < -0.39 is 0 Å². The molecule has 0 bridgehead atoms. The largest absolute Gasteiger partial charge is 0.452 e. The number of amides is 1. The average Bonchev–Trinajstić information content (AvgIpc) is 2.92. The molecule has 2 N–H and O–H groups in total. The minimum absolute atomic E-state index is 0.0498. The molecule has 2 rings (SSSR count). The molecule has 0 unspecified atom stereocenters. The molecule has 1 aromatic heterocycles. The smallest absolute Gasteiger partial charge is 0.256 e. The van der Waals surface area contributed by atoms with Crippen molar-refractivity contribution in [2.24, 2.45) is 0 Å². The normalized spacial score (nSPS) is 9.81. The molecule has 5 heteroatoms. The van der Waals surface area contributed by atoms with Gasteiger partial charge in [0, 0.05) is 18.5 Å². The molecule has 0 spiro atoms. The number of carbonyl (C=O) groups is 1. The minimum Gasteiger partial charge on any atom is -0.452 e. The molecule has 0 atom stereocenters. The summed E-state index contributed by atoms with van der Waals surface area (Å²) in [7, 11) is 0. The summed E-state index contributed by atoms with van der Waals surface area (Å²) in [4.78, 5) is 11.9. The number of aliphatic hydroxyl groups is 1. The molecule has 108 valence electrons. The van der Waals surface area contributed by atoms with Gasteiger partial charge in [0.25, 0.3) is 5.91 Å². The number of rotatable bonds is 4. The Morgan fingerprint density at radius 3 is 2.95 bits per heavy atom. The highest BCUT2D eigenvalue weighted by molar-refractivity contribution is 6.32. The van der Waals surface area contributed by atoms with E-state index in [9.17, 15) is 4.79 Å². The lowest BCUT2D eigenvalue weighted by Gasteiger charge is -2.04. The number of aliphatic hydroxyl groups excluding tert-OH is 1. The molecule has 1 heterocycles. The number of hydrogen-bond acceptors (Lipinski definition) is 3.